The van der Waals surface area contributed by atoms with Crippen LogP contribution in [0.5, 0.6) is 0 Å². The van der Waals surface area contributed by atoms with Gasteiger partial charge in [0, 0.05) is 17.2 Å². The maximum Gasteiger partial charge on any atom is 0.229 e. The molecule has 0 spiro atoms. The number of rotatable bonds is 4. The Morgan fingerprint density at radius 1 is 1.09 bits per heavy atom. The van der Waals surface area contributed by atoms with Crippen LogP contribution >= 0.6 is 0 Å². The summed E-state index contributed by atoms with van der Waals surface area (Å²) in [6.45, 7) is 4.10. The SMILES string of the molecule is CC(C)c1ncc(C#Cc2ccc3c(=O)c(-c4ccc(NS(C)(=O)=O)cc4)coc3c2)[nH]1. The summed E-state index contributed by atoms with van der Waals surface area (Å²) >= 11 is 0. The van der Waals surface area contributed by atoms with Crippen LogP contribution in [0.3, 0.4) is 0 Å². The quantitative estimate of drug-likeness (QED) is 0.459. The molecule has 4 aromatic rings. The van der Waals surface area contributed by atoms with Crippen LogP contribution in [-0.2, 0) is 10.0 Å². The van der Waals surface area contributed by atoms with Gasteiger partial charge >= 0.3 is 0 Å². The Morgan fingerprint density at radius 3 is 2.50 bits per heavy atom. The molecule has 0 saturated heterocycles. The highest BCUT2D eigenvalue weighted by atomic mass is 32.2. The van der Waals surface area contributed by atoms with Gasteiger partial charge in [0.15, 0.2) is 5.43 Å². The van der Waals surface area contributed by atoms with Crippen molar-refractivity contribution in [1.82, 2.24) is 9.97 Å². The summed E-state index contributed by atoms with van der Waals surface area (Å²) in [5, 5.41) is 0.440. The molecule has 0 unspecified atom stereocenters. The number of aromatic amines is 1. The third-order valence-electron chi connectivity index (χ3n) is 4.76. The van der Waals surface area contributed by atoms with E-state index >= 15 is 0 Å². The molecule has 4 rings (SSSR count). The van der Waals surface area contributed by atoms with E-state index in [1.165, 1.54) is 6.26 Å². The van der Waals surface area contributed by atoms with Crippen molar-refractivity contribution in [3.05, 3.63) is 82.2 Å². The summed E-state index contributed by atoms with van der Waals surface area (Å²) in [6, 6.07) is 11.7. The van der Waals surface area contributed by atoms with E-state index < -0.39 is 10.0 Å². The smallest absolute Gasteiger partial charge is 0.229 e. The van der Waals surface area contributed by atoms with E-state index in [9.17, 15) is 13.2 Å². The van der Waals surface area contributed by atoms with E-state index in [-0.39, 0.29) is 5.43 Å². The van der Waals surface area contributed by atoms with Gasteiger partial charge in [-0.05, 0) is 41.8 Å². The van der Waals surface area contributed by atoms with Crippen LogP contribution < -0.4 is 10.2 Å². The highest BCUT2D eigenvalue weighted by Crippen LogP contribution is 2.22. The minimum absolute atomic E-state index is 0.176. The maximum atomic E-state index is 13.0. The molecule has 2 N–H and O–H groups in total. The highest BCUT2D eigenvalue weighted by Gasteiger charge is 2.10. The number of benzene rings is 2. The lowest BCUT2D eigenvalue weighted by atomic mass is 10.0. The molecule has 0 atom stereocenters. The Bertz CT molecular complexity index is 1520. The third kappa shape index (κ3) is 4.74. The van der Waals surface area contributed by atoms with E-state index in [2.05, 4.69) is 40.4 Å². The zero-order valence-electron chi connectivity index (χ0n) is 17.8. The van der Waals surface area contributed by atoms with Gasteiger partial charge in [-0.2, -0.15) is 0 Å². The van der Waals surface area contributed by atoms with Crippen LogP contribution in [0.2, 0.25) is 0 Å². The topological polar surface area (TPSA) is 105 Å². The number of H-pyrrole nitrogens is 1. The first-order valence-corrected chi connectivity index (χ1v) is 11.8. The maximum absolute atomic E-state index is 13.0. The largest absolute Gasteiger partial charge is 0.463 e. The predicted octanol–water partition coefficient (Wildman–Crippen LogP) is 4.08. The first kappa shape index (κ1) is 21.4. The second-order valence-electron chi connectivity index (χ2n) is 7.73. The summed E-state index contributed by atoms with van der Waals surface area (Å²) in [6.07, 6.45) is 4.19. The van der Waals surface area contributed by atoms with Crippen molar-refractivity contribution in [3.8, 4) is 23.0 Å². The van der Waals surface area contributed by atoms with E-state index in [1.54, 1.807) is 48.7 Å². The molecular weight excluding hydrogens is 426 g/mol. The second kappa shape index (κ2) is 8.36. The molecule has 8 heteroatoms. The first-order valence-electron chi connectivity index (χ1n) is 9.90. The number of anilines is 1. The van der Waals surface area contributed by atoms with E-state index in [1.807, 2.05) is 0 Å². The summed E-state index contributed by atoms with van der Waals surface area (Å²) in [5.74, 6) is 7.27. The van der Waals surface area contributed by atoms with Gasteiger partial charge in [0.25, 0.3) is 0 Å². The minimum atomic E-state index is -3.37. The van der Waals surface area contributed by atoms with E-state index in [0.717, 1.165) is 17.8 Å². The molecule has 0 aliphatic carbocycles. The van der Waals surface area contributed by atoms with Crippen LogP contribution in [0.1, 0.15) is 36.8 Å². The minimum Gasteiger partial charge on any atom is -0.463 e. The zero-order chi connectivity index (χ0) is 22.9. The standard InChI is InChI=1S/C24H21N3O4S/c1-15(2)24-25-13-19(26-24)8-4-16-5-11-20-22(12-16)31-14-21(23(20)28)17-6-9-18(10-7-17)27-32(3,29)30/h5-7,9-15,27H,1-3H3,(H,25,26). The Balaban J connectivity index is 1.63. The van der Waals surface area contributed by atoms with Gasteiger partial charge in [-0.3, -0.25) is 9.52 Å². The Morgan fingerprint density at radius 2 is 1.84 bits per heavy atom. The average Bonchev–Trinajstić information content (AvgIpc) is 3.22. The fourth-order valence-electron chi connectivity index (χ4n) is 3.17. The van der Waals surface area contributed by atoms with E-state index in [0.29, 0.717) is 39.3 Å². The molecule has 0 aliphatic rings. The number of imidazole rings is 1. The number of nitrogens with zero attached hydrogens (tertiary/aromatic N) is 1. The van der Waals surface area contributed by atoms with Gasteiger partial charge in [-0.25, -0.2) is 13.4 Å². The van der Waals surface area contributed by atoms with Crippen molar-refractivity contribution in [2.45, 2.75) is 19.8 Å². The lowest BCUT2D eigenvalue weighted by Crippen LogP contribution is -2.09. The van der Waals surface area contributed by atoms with Crippen LogP contribution in [0.25, 0.3) is 22.1 Å². The molecular formula is C24H21N3O4S. The van der Waals surface area contributed by atoms with Crippen LogP contribution in [0, 0.1) is 11.8 Å². The van der Waals surface area contributed by atoms with Crippen molar-refractivity contribution in [1.29, 1.82) is 0 Å². The number of hydrogen-bond acceptors (Lipinski definition) is 5. The molecule has 0 radical (unpaired) electrons. The van der Waals surface area contributed by atoms with Crippen LogP contribution in [0.4, 0.5) is 5.69 Å². The van der Waals surface area contributed by atoms with Crippen molar-refractivity contribution in [2.75, 3.05) is 11.0 Å². The lowest BCUT2D eigenvalue weighted by molar-refractivity contribution is 0.604. The van der Waals surface area contributed by atoms with Gasteiger partial charge in [-0.1, -0.05) is 31.9 Å². The summed E-state index contributed by atoms with van der Waals surface area (Å²) < 4.78 is 30.8. The Hall–Kier alpha value is -3.83. The summed E-state index contributed by atoms with van der Waals surface area (Å²) in [7, 11) is -3.37. The predicted molar refractivity (Wildman–Crippen MR) is 125 cm³/mol. The number of sulfonamides is 1. The van der Waals surface area contributed by atoms with Crippen molar-refractivity contribution in [2.24, 2.45) is 0 Å². The Labute approximate surface area is 185 Å². The van der Waals surface area contributed by atoms with Crippen LogP contribution in [-0.4, -0.2) is 24.6 Å². The molecule has 2 heterocycles. The Kier molecular flexibility index (Phi) is 5.59. The number of hydrogen-bond donors (Lipinski definition) is 2. The molecule has 2 aromatic carbocycles. The molecule has 2 aromatic heterocycles. The van der Waals surface area contributed by atoms with Gasteiger partial charge in [0.2, 0.25) is 10.0 Å². The summed E-state index contributed by atoms with van der Waals surface area (Å²) in [5.41, 5.74) is 3.13. The number of aromatic nitrogens is 2. The second-order valence-corrected chi connectivity index (χ2v) is 9.48. The molecule has 162 valence electrons. The fraction of sp³-hybridized carbons (Fsp3) is 0.167. The monoisotopic (exact) mass is 447 g/mol. The lowest BCUT2D eigenvalue weighted by Gasteiger charge is -2.06. The zero-order valence-corrected chi connectivity index (χ0v) is 18.6. The van der Waals surface area contributed by atoms with Crippen molar-refractivity contribution >= 4 is 26.7 Å². The fourth-order valence-corrected chi connectivity index (χ4v) is 3.73. The average molecular weight is 448 g/mol. The molecule has 0 bridgehead atoms. The van der Waals surface area contributed by atoms with Gasteiger partial charge in [0.05, 0.1) is 23.4 Å². The van der Waals surface area contributed by atoms with Gasteiger partial charge < -0.3 is 9.40 Å². The first-order chi connectivity index (χ1) is 15.2. The van der Waals surface area contributed by atoms with Gasteiger partial charge in [0.1, 0.15) is 23.4 Å². The third-order valence-corrected chi connectivity index (χ3v) is 5.36. The van der Waals surface area contributed by atoms with Crippen LogP contribution in [0.15, 0.2) is 64.1 Å². The normalized spacial score (nSPS) is 11.4. The molecule has 7 nitrogen and oxygen atoms in total. The summed E-state index contributed by atoms with van der Waals surface area (Å²) in [4.78, 5) is 20.5. The molecule has 0 fully saturated rings. The molecule has 32 heavy (non-hydrogen) atoms. The molecule has 0 saturated carbocycles. The molecule has 0 aliphatic heterocycles. The van der Waals surface area contributed by atoms with E-state index in [4.69, 9.17) is 4.42 Å². The van der Waals surface area contributed by atoms with Gasteiger partial charge in [-0.15, -0.1) is 0 Å². The highest BCUT2D eigenvalue weighted by molar-refractivity contribution is 7.92. The number of fused-ring (bicyclic) bond motifs is 1. The molecule has 0 amide bonds. The number of nitrogens with one attached hydrogen (secondary N) is 2. The van der Waals surface area contributed by atoms with Crippen molar-refractivity contribution in [3.63, 3.8) is 0 Å². The van der Waals surface area contributed by atoms with Crippen molar-refractivity contribution < 1.29 is 12.8 Å².